The minimum atomic E-state index is -0.742. The van der Waals surface area contributed by atoms with Gasteiger partial charge in [0.1, 0.15) is 17.3 Å². The average molecular weight is 439 g/mol. The van der Waals surface area contributed by atoms with E-state index in [9.17, 15) is 19.8 Å². The fourth-order valence-electron chi connectivity index (χ4n) is 4.08. The number of Topliss-reactive ketones (excluding diaryl/α,β-unsaturated/α-hetero) is 1. The molecule has 1 aliphatic rings. The van der Waals surface area contributed by atoms with Gasteiger partial charge in [0.05, 0.1) is 18.7 Å². The van der Waals surface area contributed by atoms with Crippen LogP contribution in [0.4, 0.5) is 0 Å². The lowest BCUT2D eigenvalue weighted by Crippen LogP contribution is -2.38. The summed E-state index contributed by atoms with van der Waals surface area (Å²) in [6.45, 7) is 8.54. The first-order valence-corrected chi connectivity index (χ1v) is 10.8. The summed E-state index contributed by atoms with van der Waals surface area (Å²) in [5, 5.41) is 20.9. The Morgan fingerprint density at radius 3 is 2.31 bits per heavy atom. The van der Waals surface area contributed by atoms with E-state index in [4.69, 9.17) is 4.74 Å². The van der Waals surface area contributed by atoms with Gasteiger partial charge in [-0.25, -0.2) is 0 Å². The predicted octanol–water partition coefficient (Wildman–Crippen LogP) is 3.47. The number of phenolic OH excluding ortho intramolecular Hbond substituents is 1. The van der Waals surface area contributed by atoms with Gasteiger partial charge >= 0.3 is 0 Å². The molecule has 1 heterocycles. The molecule has 7 nitrogen and oxygen atoms in total. The lowest BCUT2D eigenvalue weighted by molar-refractivity contribution is -0.140. The molecule has 32 heavy (non-hydrogen) atoms. The zero-order valence-corrected chi connectivity index (χ0v) is 19.0. The molecular weight excluding hydrogens is 408 g/mol. The number of aryl methyl sites for hydroxylation is 1. The highest BCUT2D eigenvalue weighted by molar-refractivity contribution is 6.46. The number of amides is 1. The molecule has 0 unspecified atom stereocenters. The Morgan fingerprint density at radius 2 is 1.75 bits per heavy atom. The van der Waals surface area contributed by atoms with Crippen LogP contribution in [-0.4, -0.2) is 65.0 Å². The Hall–Kier alpha value is -3.32. The van der Waals surface area contributed by atoms with Crippen LogP contribution in [0.1, 0.15) is 36.6 Å². The van der Waals surface area contributed by atoms with Gasteiger partial charge in [0, 0.05) is 18.7 Å². The van der Waals surface area contributed by atoms with Crippen molar-refractivity contribution in [2.45, 2.75) is 26.8 Å². The summed E-state index contributed by atoms with van der Waals surface area (Å²) in [4.78, 5) is 29.8. The Balaban J connectivity index is 2.10. The van der Waals surface area contributed by atoms with E-state index in [0.717, 1.165) is 18.7 Å². The van der Waals surface area contributed by atoms with Gasteiger partial charge in [0.2, 0.25) is 0 Å². The van der Waals surface area contributed by atoms with Crippen LogP contribution in [0.2, 0.25) is 0 Å². The second kappa shape index (κ2) is 9.87. The van der Waals surface area contributed by atoms with Crippen molar-refractivity contribution >= 4 is 17.4 Å². The summed E-state index contributed by atoms with van der Waals surface area (Å²) in [5.74, 6) is -0.830. The molecule has 0 aromatic heterocycles. The third-order valence-corrected chi connectivity index (χ3v) is 5.97. The number of ether oxygens (including phenoxy) is 1. The largest absolute Gasteiger partial charge is 0.508 e. The van der Waals surface area contributed by atoms with E-state index in [2.05, 4.69) is 4.90 Å². The Kier molecular flexibility index (Phi) is 7.20. The molecular formula is C25H30N2O5. The van der Waals surface area contributed by atoms with Crippen LogP contribution in [0.15, 0.2) is 48.0 Å². The number of likely N-dealkylation sites (tertiary alicyclic amines) is 1. The molecule has 170 valence electrons. The maximum atomic E-state index is 13.1. The summed E-state index contributed by atoms with van der Waals surface area (Å²) >= 11 is 0. The molecule has 7 heteroatoms. The van der Waals surface area contributed by atoms with Gasteiger partial charge in [-0.15, -0.1) is 0 Å². The van der Waals surface area contributed by atoms with Gasteiger partial charge in [-0.2, -0.15) is 0 Å². The van der Waals surface area contributed by atoms with Crippen LogP contribution < -0.4 is 4.74 Å². The second-order valence-electron chi connectivity index (χ2n) is 7.80. The maximum absolute atomic E-state index is 13.1. The van der Waals surface area contributed by atoms with Crippen molar-refractivity contribution in [3.05, 3.63) is 64.7 Å². The fourth-order valence-corrected chi connectivity index (χ4v) is 4.08. The number of benzene rings is 2. The minimum absolute atomic E-state index is 0.0461. The molecule has 1 aliphatic heterocycles. The topological polar surface area (TPSA) is 90.3 Å². The van der Waals surface area contributed by atoms with E-state index in [1.54, 1.807) is 37.4 Å². The SMILES string of the molecule is CCN(CC)CCN1C(=O)C(=O)C(=C(O)c2ccc(OC)c(C)c2)[C@@H]1c1ccc(O)cc1. The quantitative estimate of drug-likeness (QED) is 0.373. The summed E-state index contributed by atoms with van der Waals surface area (Å²) < 4.78 is 5.28. The van der Waals surface area contributed by atoms with Crippen LogP contribution in [0.3, 0.4) is 0 Å². The molecule has 2 aromatic rings. The molecule has 0 aliphatic carbocycles. The number of phenols is 1. The molecule has 1 amide bonds. The second-order valence-corrected chi connectivity index (χ2v) is 7.80. The third kappa shape index (κ3) is 4.48. The van der Waals surface area contributed by atoms with Crippen LogP contribution in [0.25, 0.3) is 5.76 Å². The summed E-state index contributed by atoms with van der Waals surface area (Å²) in [6, 6.07) is 10.7. The standard InChI is InChI=1S/C25H30N2O5/c1-5-26(6-2)13-14-27-22(17-7-10-19(28)11-8-17)21(24(30)25(27)31)23(29)18-9-12-20(32-4)16(3)15-18/h7-12,15,22,28-29H,5-6,13-14H2,1-4H3/t22-/m0/s1. The van der Waals surface area contributed by atoms with Gasteiger partial charge < -0.3 is 24.7 Å². The van der Waals surface area contributed by atoms with Gasteiger partial charge in [0.25, 0.3) is 11.7 Å². The smallest absolute Gasteiger partial charge is 0.295 e. The number of carbonyl (C=O) groups excluding carboxylic acids is 2. The number of rotatable bonds is 8. The number of aliphatic hydroxyl groups excluding tert-OH is 1. The molecule has 3 rings (SSSR count). The van der Waals surface area contributed by atoms with Gasteiger partial charge in [-0.05, 0) is 61.5 Å². The van der Waals surface area contributed by atoms with Gasteiger partial charge in [-0.3, -0.25) is 9.59 Å². The van der Waals surface area contributed by atoms with Crippen molar-refractivity contribution in [2.24, 2.45) is 0 Å². The highest BCUT2D eigenvalue weighted by atomic mass is 16.5. The van der Waals surface area contributed by atoms with Crippen molar-refractivity contribution in [1.29, 1.82) is 0 Å². The number of likely N-dealkylation sites (N-methyl/N-ethyl adjacent to an activating group) is 1. The average Bonchev–Trinajstić information content (AvgIpc) is 3.04. The summed E-state index contributed by atoms with van der Waals surface area (Å²) in [5.41, 5.74) is 1.93. The van der Waals surface area contributed by atoms with Gasteiger partial charge in [-0.1, -0.05) is 26.0 Å². The van der Waals surface area contributed by atoms with Crippen LogP contribution >= 0.6 is 0 Å². The molecule has 1 atom stereocenters. The first kappa shape index (κ1) is 23.3. The number of carbonyl (C=O) groups is 2. The third-order valence-electron chi connectivity index (χ3n) is 5.97. The van der Waals surface area contributed by atoms with Crippen molar-refractivity contribution < 1.29 is 24.5 Å². The van der Waals surface area contributed by atoms with Crippen LogP contribution in [-0.2, 0) is 9.59 Å². The molecule has 2 N–H and O–H groups in total. The van der Waals surface area contributed by atoms with E-state index in [0.29, 0.717) is 30.0 Å². The number of aromatic hydroxyl groups is 1. The molecule has 0 spiro atoms. The number of hydrogen-bond acceptors (Lipinski definition) is 6. The van der Waals surface area contributed by atoms with Crippen molar-refractivity contribution in [3.8, 4) is 11.5 Å². The first-order valence-electron chi connectivity index (χ1n) is 10.8. The van der Waals surface area contributed by atoms with E-state index >= 15 is 0 Å². The molecule has 0 saturated carbocycles. The highest BCUT2D eigenvalue weighted by Gasteiger charge is 2.46. The predicted molar refractivity (Wildman–Crippen MR) is 123 cm³/mol. The normalized spacial score (nSPS) is 17.9. The number of nitrogens with zero attached hydrogens (tertiary/aromatic N) is 2. The Morgan fingerprint density at radius 1 is 1.09 bits per heavy atom. The van der Waals surface area contributed by atoms with E-state index in [1.165, 1.54) is 17.0 Å². The fraction of sp³-hybridized carbons (Fsp3) is 0.360. The zero-order valence-electron chi connectivity index (χ0n) is 19.0. The minimum Gasteiger partial charge on any atom is -0.508 e. The highest BCUT2D eigenvalue weighted by Crippen LogP contribution is 2.40. The molecule has 0 radical (unpaired) electrons. The summed E-state index contributed by atoms with van der Waals surface area (Å²) in [7, 11) is 1.56. The first-order chi connectivity index (χ1) is 15.3. The van der Waals surface area contributed by atoms with E-state index in [1.807, 2.05) is 20.8 Å². The van der Waals surface area contributed by atoms with E-state index < -0.39 is 17.7 Å². The van der Waals surface area contributed by atoms with Crippen molar-refractivity contribution in [3.63, 3.8) is 0 Å². The lowest BCUT2D eigenvalue weighted by atomic mass is 9.94. The molecule has 2 aromatic carbocycles. The molecule has 0 bridgehead atoms. The number of methoxy groups -OCH3 is 1. The Labute approximate surface area is 188 Å². The van der Waals surface area contributed by atoms with E-state index in [-0.39, 0.29) is 17.1 Å². The summed E-state index contributed by atoms with van der Waals surface area (Å²) in [6.07, 6.45) is 0. The molecule has 1 fully saturated rings. The van der Waals surface area contributed by atoms with Crippen molar-refractivity contribution in [1.82, 2.24) is 9.80 Å². The monoisotopic (exact) mass is 438 g/mol. The number of ketones is 1. The zero-order chi connectivity index (χ0) is 23.4. The van der Waals surface area contributed by atoms with Crippen LogP contribution in [0, 0.1) is 6.92 Å². The van der Waals surface area contributed by atoms with Gasteiger partial charge in [0.15, 0.2) is 0 Å². The maximum Gasteiger partial charge on any atom is 0.295 e. The number of aliphatic hydroxyl groups is 1. The van der Waals surface area contributed by atoms with Crippen molar-refractivity contribution in [2.75, 3.05) is 33.3 Å². The number of hydrogen-bond donors (Lipinski definition) is 2. The Bertz CT molecular complexity index is 1030. The lowest BCUT2D eigenvalue weighted by Gasteiger charge is -2.28. The molecule has 1 saturated heterocycles. The van der Waals surface area contributed by atoms with Crippen LogP contribution in [0.5, 0.6) is 11.5 Å².